The standard InChI is InChI=1S/C14H15ClN2O2/c1-19-13(18)5-12-8-17-7-11(9-2-3-9)4-10(6-15)14(17)16-12/h4,7-9H,2-3,5-6H2,1H3. The topological polar surface area (TPSA) is 43.6 Å². The fourth-order valence-electron chi connectivity index (χ4n) is 2.29. The summed E-state index contributed by atoms with van der Waals surface area (Å²) in [6.45, 7) is 0. The summed E-state index contributed by atoms with van der Waals surface area (Å²) in [6, 6.07) is 2.13. The minimum Gasteiger partial charge on any atom is -0.469 e. The Labute approximate surface area is 116 Å². The van der Waals surface area contributed by atoms with Gasteiger partial charge in [0.25, 0.3) is 0 Å². The smallest absolute Gasteiger partial charge is 0.311 e. The summed E-state index contributed by atoms with van der Waals surface area (Å²) in [7, 11) is 1.38. The van der Waals surface area contributed by atoms with E-state index in [2.05, 4.69) is 22.0 Å². The van der Waals surface area contributed by atoms with Gasteiger partial charge in [-0.15, -0.1) is 11.6 Å². The third-order valence-electron chi connectivity index (χ3n) is 3.44. The molecule has 1 fully saturated rings. The molecule has 0 atom stereocenters. The molecule has 1 aliphatic carbocycles. The predicted octanol–water partition coefficient (Wildman–Crippen LogP) is 2.67. The molecule has 1 saturated carbocycles. The summed E-state index contributed by atoms with van der Waals surface area (Å²) >= 11 is 6.00. The van der Waals surface area contributed by atoms with E-state index in [9.17, 15) is 4.79 Å². The van der Waals surface area contributed by atoms with Gasteiger partial charge in [0, 0.05) is 18.0 Å². The maximum atomic E-state index is 11.3. The number of esters is 1. The van der Waals surface area contributed by atoms with Crippen LogP contribution in [0, 0.1) is 0 Å². The van der Waals surface area contributed by atoms with Crippen molar-refractivity contribution >= 4 is 23.2 Å². The first-order chi connectivity index (χ1) is 9.21. The van der Waals surface area contributed by atoms with Crippen LogP contribution in [-0.4, -0.2) is 22.5 Å². The number of halogens is 1. The Hall–Kier alpha value is -1.55. The van der Waals surface area contributed by atoms with E-state index in [1.807, 2.05) is 10.6 Å². The molecule has 3 rings (SSSR count). The molecular formula is C14H15ClN2O2. The molecule has 2 aromatic rings. The van der Waals surface area contributed by atoms with Gasteiger partial charge in [-0.25, -0.2) is 4.98 Å². The Morgan fingerprint density at radius 3 is 2.95 bits per heavy atom. The zero-order valence-electron chi connectivity index (χ0n) is 10.7. The number of alkyl halides is 1. The number of ether oxygens (including phenoxy) is 1. The number of methoxy groups -OCH3 is 1. The average Bonchev–Trinajstić information content (AvgIpc) is 3.18. The quantitative estimate of drug-likeness (QED) is 0.638. The number of pyridine rings is 1. The summed E-state index contributed by atoms with van der Waals surface area (Å²) in [5.41, 5.74) is 3.87. The monoisotopic (exact) mass is 278 g/mol. The third-order valence-corrected chi connectivity index (χ3v) is 3.73. The summed E-state index contributed by atoms with van der Waals surface area (Å²) in [4.78, 5) is 15.8. The lowest BCUT2D eigenvalue weighted by atomic mass is 10.1. The number of nitrogens with zero attached hydrogens (tertiary/aromatic N) is 2. The lowest BCUT2D eigenvalue weighted by molar-refractivity contribution is -0.139. The van der Waals surface area contributed by atoms with Crippen molar-refractivity contribution in [3.8, 4) is 0 Å². The minimum absolute atomic E-state index is 0.193. The highest BCUT2D eigenvalue weighted by Crippen LogP contribution is 2.40. The number of rotatable bonds is 4. The lowest BCUT2D eigenvalue weighted by Crippen LogP contribution is -2.04. The number of carbonyl (C=O) groups is 1. The van der Waals surface area contributed by atoms with Crippen molar-refractivity contribution in [3.05, 3.63) is 35.3 Å². The summed E-state index contributed by atoms with van der Waals surface area (Å²) in [6.07, 6.45) is 6.66. The summed E-state index contributed by atoms with van der Waals surface area (Å²) < 4.78 is 6.64. The van der Waals surface area contributed by atoms with Crippen molar-refractivity contribution in [1.82, 2.24) is 9.38 Å². The first-order valence-corrected chi connectivity index (χ1v) is 6.88. The zero-order chi connectivity index (χ0) is 13.4. The Balaban J connectivity index is 2.02. The fraction of sp³-hybridized carbons (Fsp3) is 0.429. The Bertz CT molecular complexity index is 632. The highest BCUT2D eigenvalue weighted by molar-refractivity contribution is 6.17. The van der Waals surface area contributed by atoms with Crippen LogP contribution in [0.1, 0.15) is 35.6 Å². The largest absolute Gasteiger partial charge is 0.469 e. The predicted molar refractivity (Wildman–Crippen MR) is 72.4 cm³/mol. The van der Waals surface area contributed by atoms with Crippen LogP contribution in [0.5, 0.6) is 0 Å². The van der Waals surface area contributed by atoms with Crippen LogP contribution in [0.25, 0.3) is 5.65 Å². The van der Waals surface area contributed by atoms with Crippen molar-refractivity contribution < 1.29 is 9.53 Å². The van der Waals surface area contributed by atoms with E-state index < -0.39 is 0 Å². The number of carbonyl (C=O) groups excluding carboxylic acids is 1. The molecular weight excluding hydrogens is 264 g/mol. The molecule has 2 heterocycles. The fourth-order valence-corrected chi connectivity index (χ4v) is 2.48. The molecule has 0 unspecified atom stereocenters. The van der Waals surface area contributed by atoms with Crippen LogP contribution in [0.2, 0.25) is 0 Å². The Morgan fingerprint density at radius 2 is 2.32 bits per heavy atom. The average molecular weight is 279 g/mol. The Kier molecular flexibility index (Phi) is 3.19. The molecule has 100 valence electrons. The molecule has 0 saturated heterocycles. The van der Waals surface area contributed by atoms with Gasteiger partial charge in [0.05, 0.1) is 25.1 Å². The molecule has 0 amide bonds. The van der Waals surface area contributed by atoms with Crippen LogP contribution in [0.15, 0.2) is 18.5 Å². The number of imidazole rings is 1. The van der Waals surface area contributed by atoms with Crippen molar-refractivity contribution in [2.45, 2.75) is 31.1 Å². The summed E-state index contributed by atoms with van der Waals surface area (Å²) in [5, 5.41) is 0. The van der Waals surface area contributed by atoms with Gasteiger partial charge in [-0.2, -0.15) is 0 Å². The molecule has 0 aromatic carbocycles. The van der Waals surface area contributed by atoms with Gasteiger partial charge in [0.1, 0.15) is 5.65 Å². The minimum atomic E-state index is -0.279. The van der Waals surface area contributed by atoms with Gasteiger partial charge in [0.2, 0.25) is 0 Å². The lowest BCUT2D eigenvalue weighted by Gasteiger charge is -2.04. The van der Waals surface area contributed by atoms with Gasteiger partial charge in [-0.05, 0) is 30.4 Å². The van der Waals surface area contributed by atoms with E-state index in [1.54, 1.807) is 0 Å². The van der Waals surface area contributed by atoms with Gasteiger partial charge in [0.15, 0.2) is 0 Å². The van der Waals surface area contributed by atoms with Crippen LogP contribution in [0.4, 0.5) is 0 Å². The molecule has 0 bridgehead atoms. The first-order valence-electron chi connectivity index (χ1n) is 6.34. The van der Waals surface area contributed by atoms with Crippen LogP contribution in [0.3, 0.4) is 0 Å². The zero-order valence-corrected chi connectivity index (χ0v) is 11.5. The van der Waals surface area contributed by atoms with E-state index in [-0.39, 0.29) is 12.4 Å². The molecule has 2 aromatic heterocycles. The second-order valence-corrected chi connectivity index (χ2v) is 5.19. The second kappa shape index (κ2) is 4.85. The molecule has 5 heteroatoms. The molecule has 0 spiro atoms. The van der Waals surface area contributed by atoms with Crippen LogP contribution >= 0.6 is 11.6 Å². The maximum absolute atomic E-state index is 11.3. The van der Waals surface area contributed by atoms with E-state index in [0.717, 1.165) is 11.2 Å². The van der Waals surface area contributed by atoms with Crippen molar-refractivity contribution in [1.29, 1.82) is 0 Å². The van der Waals surface area contributed by atoms with Crippen molar-refractivity contribution in [2.75, 3.05) is 7.11 Å². The second-order valence-electron chi connectivity index (χ2n) is 4.92. The molecule has 19 heavy (non-hydrogen) atoms. The van der Waals surface area contributed by atoms with E-state index in [4.69, 9.17) is 11.6 Å². The molecule has 4 nitrogen and oxygen atoms in total. The number of hydrogen-bond donors (Lipinski definition) is 0. The van der Waals surface area contributed by atoms with E-state index in [0.29, 0.717) is 17.5 Å². The number of aromatic nitrogens is 2. The molecule has 0 aliphatic heterocycles. The van der Waals surface area contributed by atoms with Gasteiger partial charge < -0.3 is 9.14 Å². The van der Waals surface area contributed by atoms with Crippen LogP contribution in [-0.2, 0) is 21.8 Å². The highest BCUT2D eigenvalue weighted by atomic mass is 35.5. The van der Waals surface area contributed by atoms with Crippen molar-refractivity contribution in [2.24, 2.45) is 0 Å². The molecule has 0 radical (unpaired) electrons. The highest BCUT2D eigenvalue weighted by Gasteiger charge is 2.25. The number of fused-ring (bicyclic) bond motifs is 1. The number of hydrogen-bond acceptors (Lipinski definition) is 3. The van der Waals surface area contributed by atoms with Crippen molar-refractivity contribution in [3.63, 3.8) is 0 Å². The van der Waals surface area contributed by atoms with Gasteiger partial charge in [-0.1, -0.05) is 0 Å². The van der Waals surface area contributed by atoms with Gasteiger partial charge in [-0.3, -0.25) is 4.79 Å². The maximum Gasteiger partial charge on any atom is 0.311 e. The van der Waals surface area contributed by atoms with E-state index in [1.165, 1.54) is 25.5 Å². The SMILES string of the molecule is COC(=O)Cc1cn2cc(C3CC3)cc(CCl)c2n1. The third kappa shape index (κ3) is 2.45. The molecule has 1 aliphatic rings. The first kappa shape index (κ1) is 12.5. The molecule has 0 N–H and O–H groups in total. The summed E-state index contributed by atoms with van der Waals surface area (Å²) in [5.74, 6) is 0.815. The Morgan fingerprint density at radius 1 is 1.53 bits per heavy atom. The van der Waals surface area contributed by atoms with E-state index >= 15 is 0 Å². The van der Waals surface area contributed by atoms with Gasteiger partial charge >= 0.3 is 5.97 Å². The normalized spacial score (nSPS) is 14.8. The van der Waals surface area contributed by atoms with Crippen LogP contribution < -0.4 is 0 Å².